The average molecular weight is 616 g/mol. The van der Waals surface area contributed by atoms with E-state index in [9.17, 15) is 14.4 Å². The number of nitrogens with zero attached hydrogens (tertiary/aromatic N) is 3. The molecule has 2 aliphatic heterocycles. The Morgan fingerprint density at radius 1 is 0.783 bits per heavy atom. The van der Waals surface area contributed by atoms with Crippen molar-refractivity contribution >= 4 is 57.4 Å². The van der Waals surface area contributed by atoms with Crippen molar-refractivity contribution < 1.29 is 14.4 Å². The molecule has 10 nitrogen and oxygen atoms in total. The van der Waals surface area contributed by atoms with Crippen molar-refractivity contribution in [3.8, 4) is 0 Å². The molecule has 4 N–H and O–H groups in total. The number of nitrogens with one attached hydrogen (secondary N) is 4. The van der Waals surface area contributed by atoms with Gasteiger partial charge in [-0.3, -0.25) is 9.59 Å². The number of piperazine rings is 1. The number of likely N-dealkylation sites (N-methyl/N-ethyl adjacent to an activating group) is 1. The van der Waals surface area contributed by atoms with Crippen molar-refractivity contribution in [2.45, 2.75) is 0 Å². The SMILES string of the molecule is CN1CCN(c2ccc(N/C=C3/C(=O)Nc4cc(C(=O)c5cccc(NC(=O)Nc6ccc(N(C)C)cc6)c5)ccc43)cc2)CC1. The van der Waals surface area contributed by atoms with Crippen molar-refractivity contribution in [3.05, 3.63) is 114 Å². The van der Waals surface area contributed by atoms with Crippen LogP contribution in [0.15, 0.2) is 97.2 Å². The zero-order valence-electron chi connectivity index (χ0n) is 26.1. The molecule has 0 aromatic heterocycles. The van der Waals surface area contributed by atoms with Gasteiger partial charge in [-0.25, -0.2) is 4.79 Å². The zero-order valence-corrected chi connectivity index (χ0v) is 26.1. The van der Waals surface area contributed by atoms with E-state index in [4.69, 9.17) is 0 Å². The third-order valence-corrected chi connectivity index (χ3v) is 8.21. The van der Waals surface area contributed by atoms with E-state index in [1.807, 2.05) is 55.4 Å². The van der Waals surface area contributed by atoms with E-state index >= 15 is 0 Å². The van der Waals surface area contributed by atoms with Crippen molar-refractivity contribution in [1.82, 2.24) is 4.90 Å². The number of benzene rings is 4. The third-order valence-electron chi connectivity index (χ3n) is 8.21. The van der Waals surface area contributed by atoms with E-state index in [0.29, 0.717) is 39.3 Å². The van der Waals surface area contributed by atoms with Crippen LogP contribution in [0.2, 0.25) is 0 Å². The molecule has 10 heteroatoms. The van der Waals surface area contributed by atoms with Crippen LogP contribution in [-0.4, -0.2) is 69.9 Å². The molecule has 0 radical (unpaired) electrons. The fourth-order valence-corrected chi connectivity index (χ4v) is 5.51. The molecule has 1 fully saturated rings. The van der Waals surface area contributed by atoms with Gasteiger partial charge in [0.25, 0.3) is 5.91 Å². The van der Waals surface area contributed by atoms with Gasteiger partial charge in [-0.05, 0) is 73.8 Å². The Kier molecular flexibility index (Phi) is 8.71. The van der Waals surface area contributed by atoms with Crippen LogP contribution in [0.1, 0.15) is 21.5 Å². The molecule has 6 rings (SSSR count). The Bertz CT molecular complexity index is 1790. The molecule has 46 heavy (non-hydrogen) atoms. The lowest BCUT2D eigenvalue weighted by atomic mass is 9.99. The highest BCUT2D eigenvalue weighted by atomic mass is 16.2. The van der Waals surface area contributed by atoms with Gasteiger partial charge in [0.15, 0.2) is 5.78 Å². The van der Waals surface area contributed by atoms with E-state index in [1.54, 1.807) is 48.7 Å². The van der Waals surface area contributed by atoms with Crippen LogP contribution >= 0.6 is 0 Å². The Hall–Kier alpha value is -5.61. The highest BCUT2D eigenvalue weighted by molar-refractivity contribution is 6.32. The van der Waals surface area contributed by atoms with Crippen molar-refractivity contribution in [2.24, 2.45) is 0 Å². The summed E-state index contributed by atoms with van der Waals surface area (Å²) in [6, 6.07) is 27.2. The highest BCUT2D eigenvalue weighted by Gasteiger charge is 2.25. The average Bonchev–Trinajstić information content (AvgIpc) is 3.38. The van der Waals surface area contributed by atoms with Gasteiger partial charge in [-0.1, -0.05) is 24.3 Å². The maximum absolute atomic E-state index is 13.4. The molecule has 0 atom stereocenters. The van der Waals surface area contributed by atoms with E-state index in [0.717, 1.165) is 37.6 Å². The topological polar surface area (TPSA) is 109 Å². The zero-order chi connectivity index (χ0) is 32.2. The molecule has 0 spiro atoms. The fraction of sp³-hybridized carbons (Fsp3) is 0.194. The number of rotatable bonds is 8. The molecule has 4 aromatic rings. The Morgan fingerprint density at radius 3 is 2.17 bits per heavy atom. The molecule has 2 heterocycles. The number of carbonyl (C=O) groups is 3. The lowest BCUT2D eigenvalue weighted by molar-refractivity contribution is -0.110. The largest absolute Gasteiger partial charge is 0.378 e. The number of amides is 3. The van der Waals surface area contributed by atoms with Crippen LogP contribution < -0.4 is 31.1 Å². The molecule has 0 aliphatic carbocycles. The van der Waals surface area contributed by atoms with Gasteiger partial charge >= 0.3 is 6.03 Å². The first-order chi connectivity index (χ1) is 22.2. The summed E-state index contributed by atoms with van der Waals surface area (Å²) < 4.78 is 0. The minimum absolute atomic E-state index is 0.226. The molecule has 234 valence electrons. The molecule has 4 aromatic carbocycles. The second kappa shape index (κ2) is 13.2. The lowest BCUT2D eigenvalue weighted by Gasteiger charge is -2.34. The van der Waals surface area contributed by atoms with E-state index < -0.39 is 6.03 Å². The monoisotopic (exact) mass is 615 g/mol. The van der Waals surface area contributed by atoms with Gasteiger partial charge in [0.1, 0.15) is 0 Å². The van der Waals surface area contributed by atoms with Gasteiger partial charge in [0.05, 0.1) is 5.57 Å². The van der Waals surface area contributed by atoms with Crippen LogP contribution in [0.3, 0.4) is 0 Å². The first-order valence-corrected chi connectivity index (χ1v) is 15.2. The number of hydrogen-bond donors (Lipinski definition) is 4. The summed E-state index contributed by atoms with van der Waals surface area (Å²) >= 11 is 0. The minimum atomic E-state index is -0.415. The molecule has 2 aliphatic rings. The lowest BCUT2D eigenvalue weighted by Crippen LogP contribution is -2.44. The van der Waals surface area contributed by atoms with Crippen LogP contribution in [0.4, 0.5) is 38.9 Å². The first kappa shape index (κ1) is 30.4. The van der Waals surface area contributed by atoms with Crippen molar-refractivity contribution in [3.63, 3.8) is 0 Å². The summed E-state index contributed by atoms with van der Waals surface area (Å²) in [6.45, 7) is 4.09. The number of carbonyl (C=O) groups excluding carboxylic acids is 3. The van der Waals surface area contributed by atoms with E-state index in [1.165, 1.54) is 5.69 Å². The van der Waals surface area contributed by atoms with Crippen LogP contribution in [0, 0.1) is 0 Å². The Balaban J connectivity index is 1.10. The summed E-state index contributed by atoms with van der Waals surface area (Å²) in [6.07, 6.45) is 1.70. The molecule has 1 saturated heterocycles. The predicted molar refractivity (Wildman–Crippen MR) is 186 cm³/mol. The second-order valence-electron chi connectivity index (χ2n) is 11.7. The Labute approximate surface area is 268 Å². The highest BCUT2D eigenvalue weighted by Crippen LogP contribution is 2.33. The van der Waals surface area contributed by atoms with Gasteiger partial charge in [-0.15, -0.1) is 0 Å². The predicted octanol–water partition coefficient (Wildman–Crippen LogP) is 5.78. The smallest absolute Gasteiger partial charge is 0.323 e. The molecule has 0 unspecified atom stereocenters. The Morgan fingerprint density at radius 2 is 1.46 bits per heavy atom. The summed E-state index contributed by atoms with van der Waals surface area (Å²) in [5.41, 5.74) is 6.84. The molecule has 3 amide bonds. The van der Waals surface area contributed by atoms with Crippen LogP contribution in [0.5, 0.6) is 0 Å². The second-order valence-corrected chi connectivity index (χ2v) is 11.7. The van der Waals surface area contributed by atoms with Gasteiger partial charge in [0.2, 0.25) is 0 Å². The summed E-state index contributed by atoms with van der Waals surface area (Å²) in [5, 5.41) is 11.7. The summed E-state index contributed by atoms with van der Waals surface area (Å²) in [5.74, 6) is -0.467. The fourth-order valence-electron chi connectivity index (χ4n) is 5.51. The van der Waals surface area contributed by atoms with Gasteiger partial charge in [0, 0.05) is 97.3 Å². The molecule has 0 saturated carbocycles. The standard InChI is InChI=1S/C36H37N7O3/c1-41(2)29-12-10-27(11-13-29)38-36(46)39-28-6-4-5-24(21-28)34(44)25-7-16-31-32(35(45)40-33(31)22-25)23-37-26-8-14-30(15-9-26)43-19-17-42(3)18-20-43/h4-16,21-23,37H,17-20H2,1-3H3,(H,40,45)(H2,38,39,46)/b32-23+. The molecule has 0 bridgehead atoms. The van der Waals surface area contributed by atoms with Crippen LogP contribution in [0.25, 0.3) is 5.57 Å². The minimum Gasteiger partial charge on any atom is -0.378 e. The number of anilines is 6. The van der Waals surface area contributed by atoms with Gasteiger partial charge in [-0.2, -0.15) is 0 Å². The maximum Gasteiger partial charge on any atom is 0.323 e. The molecular weight excluding hydrogens is 578 g/mol. The van der Waals surface area contributed by atoms with Crippen molar-refractivity contribution in [2.75, 3.05) is 78.4 Å². The first-order valence-electron chi connectivity index (χ1n) is 15.2. The number of ketones is 1. The van der Waals surface area contributed by atoms with Crippen LogP contribution in [-0.2, 0) is 4.79 Å². The van der Waals surface area contributed by atoms with E-state index in [-0.39, 0.29) is 11.7 Å². The molecular formula is C36H37N7O3. The number of hydrogen-bond acceptors (Lipinski definition) is 7. The van der Waals surface area contributed by atoms with Gasteiger partial charge < -0.3 is 36.0 Å². The van der Waals surface area contributed by atoms with E-state index in [2.05, 4.69) is 50.2 Å². The third kappa shape index (κ3) is 6.87. The maximum atomic E-state index is 13.4. The van der Waals surface area contributed by atoms with Crippen molar-refractivity contribution in [1.29, 1.82) is 0 Å². The normalized spacial score (nSPS) is 15.2. The summed E-state index contributed by atoms with van der Waals surface area (Å²) in [7, 11) is 6.04. The summed E-state index contributed by atoms with van der Waals surface area (Å²) in [4.78, 5) is 45.5. The number of fused-ring (bicyclic) bond motifs is 1. The number of urea groups is 1. The quantitative estimate of drug-likeness (QED) is 0.147.